The molecule has 2 N–H and O–H groups in total. The Morgan fingerprint density at radius 1 is 1.24 bits per heavy atom. The first-order valence-electron chi connectivity index (χ1n) is 8.54. The van der Waals surface area contributed by atoms with Gasteiger partial charge in [-0.05, 0) is 37.6 Å². The Balaban J connectivity index is 1.50. The molecule has 0 atom stereocenters. The highest BCUT2D eigenvalue weighted by atomic mass is 35.5. The number of pyridine rings is 1. The largest absolute Gasteiger partial charge is 0.379 e. The Kier molecular flexibility index (Phi) is 6.07. The van der Waals surface area contributed by atoms with Crippen LogP contribution in [-0.2, 0) is 4.74 Å². The zero-order chi connectivity index (χ0) is 17.6. The van der Waals surface area contributed by atoms with Crippen molar-refractivity contribution in [2.24, 2.45) is 0 Å². The molecule has 1 amide bonds. The number of halogens is 1. The van der Waals surface area contributed by atoms with Crippen LogP contribution in [0.25, 0.3) is 10.9 Å². The maximum absolute atomic E-state index is 12.2. The number of ether oxygens (including phenoxy) is 1. The minimum Gasteiger partial charge on any atom is -0.379 e. The zero-order valence-corrected chi connectivity index (χ0v) is 14.8. The topological polar surface area (TPSA) is 74.4 Å². The quantitative estimate of drug-likeness (QED) is 0.770. The monoisotopic (exact) mass is 363 g/mol. The summed E-state index contributed by atoms with van der Waals surface area (Å²) in [6, 6.07) is 6.32. The standard InChI is InChI=1S/C18H22ClN3O3/c19-13-3-4-15-14(11-13)17(23)12-16(21-15)18(24)20-5-1-2-6-22-7-9-25-10-8-22/h3-4,11-12H,1-2,5-10H2,(H,20,24)(H,21,23). The van der Waals surface area contributed by atoms with Crippen LogP contribution in [0, 0.1) is 0 Å². The van der Waals surface area contributed by atoms with E-state index in [1.165, 1.54) is 6.07 Å². The summed E-state index contributed by atoms with van der Waals surface area (Å²) in [4.78, 5) is 29.7. The van der Waals surface area contributed by atoms with Crippen molar-refractivity contribution in [1.29, 1.82) is 0 Å². The summed E-state index contributed by atoms with van der Waals surface area (Å²) in [6.07, 6.45) is 1.92. The fourth-order valence-electron chi connectivity index (χ4n) is 2.92. The molecule has 0 radical (unpaired) electrons. The highest BCUT2D eigenvalue weighted by molar-refractivity contribution is 6.31. The number of aromatic amines is 1. The predicted octanol–water partition coefficient (Wildman–Crippen LogP) is 2.02. The fourth-order valence-corrected chi connectivity index (χ4v) is 3.10. The minimum absolute atomic E-state index is 0.214. The van der Waals surface area contributed by atoms with Crippen LogP contribution in [0.2, 0.25) is 5.02 Å². The molecule has 1 saturated heterocycles. The van der Waals surface area contributed by atoms with Crippen LogP contribution in [0.1, 0.15) is 23.3 Å². The first-order valence-corrected chi connectivity index (χ1v) is 8.92. The van der Waals surface area contributed by atoms with Crippen molar-refractivity contribution >= 4 is 28.4 Å². The second-order valence-corrected chi connectivity index (χ2v) is 6.59. The molecule has 134 valence electrons. The van der Waals surface area contributed by atoms with E-state index in [1.54, 1.807) is 18.2 Å². The zero-order valence-electron chi connectivity index (χ0n) is 14.0. The molecule has 2 heterocycles. The highest BCUT2D eigenvalue weighted by Gasteiger charge is 2.11. The van der Waals surface area contributed by atoms with Gasteiger partial charge in [-0.2, -0.15) is 0 Å². The van der Waals surface area contributed by atoms with E-state index < -0.39 is 0 Å². The molecule has 2 aromatic rings. The number of nitrogens with one attached hydrogen (secondary N) is 2. The summed E-state index contributed by atoms with van der Waals surface area (Å²) in [7, 11) is 0. The van der Waals surface area contributed by atoms with Gasteiger partial charge in [-0.3, -0.25) is 14.5 Å². The lowest BCUT2D eigenvalue weighted by molar-refractivity contribution is 0.0372. The number of amides is 1. The SMILES string of the molecule is O=C(NCCCCN1CCOCC1)c1cc(=O)c2cc(Cl)ccc2[nH]1. The molecule has 7 heteroatoms. The minimum atomic E-state index is -0.264. The van der Waals surface area contributed by atoms with E-state index in [0.29, 0.717) is 22.5 Å². The lowest BCUT2D eigenvalue weighted by atomic mass is 10.2. The number of benzene rings is 1. The number of morpholine rings is 1. The van der Waals surface area contributed by atoms with E-state index in [4.69, 9.17) is 16.3 Å². The first kappa shape index (κ1) is 17.9. The average molecular weight is 364 g/mol. The highest BCUT2D eigenvalue weighted by Crippen LogP contribution is 2.15. The Labute approximate surface area is 151 Å². The summed E-state index contributed by atoms with van der Waals surface area (Å²) in [6.45, 7) is 5.18. The molecule has 25 heavy (non-hydrogen) atoms. The molecule has 0 spiro atoms. The van der Waals surface area contributed by atoms with Crippen molar-refractivity contribution in [3.63, 3.8) is 0 Å². The molecule has 3 rings (SSSR count). The normalized spacial score (nSPS) is 15.4. The van der Waals surface area contributed by atoms with Crippen molar-refractivity contribution < 1.29 is 9.53 Å². The molecular formula is C18H22ClN3O3. The number of fused-ring (bicyclic) bond motifs is 1. The van der Waals surface area contributed by atoms with Crippen LogP contribution in [-0.4, -0.2) is 55.2 Å². The summed E-state index contributed by atoms with van der Waals surface area (Å²) >= 11 is 5.90. The van der Waals surface area contributed by atoms with Gasteiger partial charge in [-0.25, -0.2) is 0 Å². The van der Waals surface area contributed by atoms with Crippen LogP contribution in [0.4, 0.5) is 0 Å². The maximum atomic E-state index is 12.2. The summed E-state index contributed by atoms with van der Waals surface area (Å²) in [5.41, 5.74) is 0.663. The molecule has 0 saturated carbocycles. The van der Waals surface area contributed by atoms with Gasteiger partial charge in [0.2, 0.25) is 0 Å². The average Bonchev–Trinajstić information content (AvgIpc) is 2.62. The molecule has 6 nitrogen and oxygen atoms in total. The van der Waals surface area contributed by atoms with Gasteiger partial charge in [0, 0.05) is 41.6 Å². The van der Waals surface area contributed by atoms with Crippen molar-refractivity contribution in [2.75, 3.05) is 39.4 Å². The van der Waals surface area contributed by atoms with E-state index in [2.05, 4.69) is 15.2 Å². The predicted molar refractivity (Wildman–Crippen MR) is 98.4 cm³/mol. The van der Waals surface area contributed by atoms with Crippen molar-refractivity contribution in [3.05, 3.63) is 45.2 Å². The number of rotatable bonds is 6. The number of carbonyl (C=O) groups is 1. The van der Waals surface area contributed by atoms with Gasteiger partial charge in [0.25, 0.3) is 5.91 Å². The number of aromatic nitrogens is 1. The fraction of sp³-hybridized carbons (Fsp3) is 0.444. The Morgan fingerprint density at radius 2 is 2.04 bits per heavy atom. The molecule has 1 aliphatic heterocycles. The molecule has 1 aromatic carbocycles. The number of carbonyl (C=O) groups excluding carboxylic acids is 1. The van der Waals surface area contributed by atoms with Crippen LogP contribution >= 0.6 is 11.6 Å². The van der Waals surface area contributed by atoms with Gasteiger partial charge in [0.05, 0.1) is 13.2 Å². The van der Waals surface area contributed by atoms with Crippen LogP contribution in [0.15, 0.2) is 29.1 Å². The summed E-state index contributed by atoms with van der Waals surface area (Å²) < 4.78 is 5.32. The third kappa shape index (κ3) is 4.81. The second kappa shape index (κ2) is 8.47. The first-order chi connectivity index (χ1) is 12.1. The lowest BCUT2D eigenvalue weighted by Gasteiger charge is -2.26. The second-order valence-electron chi connectivity index (χ2n) is 6.15. The number of hydrogen-bond acceptors (Lipinski definition) is 4. The Bertz CT molecular complexity index is 800. The Morgan fingerprint density at radius 3 is 2.84 bits per heavy atom. The summed E-state index contributed by atoms with van der Waals surface area (Å²) in [5.74, 6) is -0.264. The third-order valence-corrected chi connectivity index (χ3v) is 4.56. The molecule has 0 aliphatic carbocycles. The molecule has 0 unspecified atom stereocenters. The van der Waals surface area contributed by atoms with Crippen molar-refractivity contribution in [2.45, 2.75) is 12.8 Å². The van der Waals surface area contributed by atoms with Gasteiger partial charge in [-0.15, -0.1) is 0 Å². The molecule has 1 fully saturated rings. The lowest BCUT2D eigenvalue weighted by Crippen LogP contribution is -2.37. The summed E-state index contributed by atoms with van der Waals surface area (Å²) in [5, 5.41) is 3.84. The van der Waals surface area contributed by atoms with Crippen LogP contribution < -0.4 is 10.7 Å². The van der Waals surface area contributed by atoms with Gasteiger partial charge in [-0.1, -0.05) is 11.6 Å². The van der Waals surface area contributed by atoms with Crippen LogP contribution in [0.3, 0.4) is 0 Å². The molecule has 1 aliphatic rings. The van der Waals surface area contributed by atoms with E-state index in [1.807, 2.05) is 0 Å². The van der Waals surface area contributed by atoms with E-state index in [-0.39, 0.29) is 17.0 Å². The maximum Gasteiger partial charge on any atom is 0.267 e. The third-order valence-electron chi connectivity index (χ3n) is 4.33. The van der Waals surface area contributed by atoms with E-state index >= 15 is 0 Å². The number of hydrogen-bond donors (Lipinski definition) is 2. The molecule has 0 bridgehead atoms. The van der Waals surface area contributed by atoms with Gasteiger partial charge in [0.1, 0.15) is 5.69 Å². The van der Waals surface area contributed by atoms with E-state index in [9.17, 15) is 9.59 Å². The van der Waals surface area contributed by atoms with Gasteiger partial charge < -0.3 is 15.0 Å². The molecular weight excluding hydrogens is 342 g/mol. The van der Waals surface area contributed by atoms with Crippen molar-refractivity contribution in [3.8, 4) is 0 Å². The van der Waals surface area contributed by atoms with E-state index in [0.717, 1.165) is 45.7 Å². The van der Waals surface area contributed by atoms with Gasteiger partial charge >= 0.3 is 0 Å². The Hall–Kier alpha value is -1.89. The molecule has 1 aromatic heterocycles. The number of H-pyrrole nitrogens is 1. The smallest absolute Gasteiger partial charge is 0.267 e. The van der Waals surface area contributed by atoms with Crippen LogP contribution in [0.5, 0.6) is 0 Å². The van der Waals surface area contributed by atoms with Crippen molar-refractivity contribution in [1.82, 2.24) is 15.2 Å². The van der Waals surface area contributed by atoms with Gasteiger partial charge in [0.15, 0.2) is 5.43 Å². The number of unbranched alkanes of at least 4 members (excludes halogenated alkanes) is 1. The number of nitrogens with zero attached hydrogens (tertiary/aromatic N) is 1.